The predicted molar refractivity (Wildman–Crippen MR) is 70.3 cm³/mol. The summed E-state index contributed by atoms with van der Waals surface area (Å²) in [5.41, 5.74) is 2.18. The minimum Gasteiger partial charge on any atom is -0.293 e. The van der Waals surface area contributed by atoms with Gasteiger partial charge >= 0.3 is 0 Å². The van der Waals surface area contributed by atoms with Gasteiger partial charge in [-0.1, -0.05) is 16.1 Å². The maximum absolute atomic E-state index is 12.2. The van der Waals surface area contributed by atoms with Gasteiger partial charge in [-0.25, -0.2) is 0 Å². The highest BCUT2D eigenvalue weighted by atomic mass is 35.5. The summed E-state index contributed by atoms with van der Waals surface area (Å²) in [6.45, 7) is 6.27. The number of ketones is 1. The Morgan fingerprint density at radius 1 is 1.39 bits per heavy atom. The number of aryl methyl sites for hydroxylation is 3. The van der Waals surface area contributed by atoms with E-state index < -0.39 is 0 Å². The zero-order valence-corrected chi connectivity index (χ0v) is 12.0. The van der Waals surface area contributed by atoms with Gasteiger partial charge in [0, 0.05) is 6.54 Å². The van der Waals surface area contributed by atoms with Crippen LogP contribution in [0.1, 0.15) is 33.7 Å². The number of hydrogen-bond acceptors (Lipinski definition) is 5. The molecule has 2 aromatic rings. The lowest BCUT2D eigenvalue weighted by atomic mass is 10.1. The van der Waals surface area contributed by atoms with Crippen LogP contribution in [0.2, 0.25) is 5.02 Å². The van der Waals surface area contributed by atoms with E-state index >= 15 is 0 Å². The molecule has 0 spiro atoms. The summed E-state index contributed by atoms with van der Waals surface area (Å²) in [6, 6.07) is 0. The molecule has 0 unspecified atom stereocenters. The molecule has 2 aromatic heterocycles. The van der Waals surface area contributed by atoms with E-state index in [1.54, 1.807) is 11.6 Å². The molecular formula is C11H13ClN4OS. The molecule has 0 aliphatic rings. The van der Waals surface area contributed by atoms with E-state index in [0.717, 1.165) is 22.9 Å². The fourth-order valence-corrected chi connectivity index (χ4v) is 2.55. The highest BCUT2D eigenvalue weighted by Gasteiger charge is 2.19. The molecule has 0 atom stereocenters. The lowest BCUT2D eigenvalue weighted by Crippen LogP contribution is -2.10. The van der Waals surface area contributed by atoms with E-state index in [2.05, 4.69) is 14.7 Å². The Kier molecular flexibility index (Phi) is 3.77. The van der Waals surface area contributed by atoms with Crippen LogP contribution < -0.4 is 0 Å². The molecule has 2 rings (SSSR count). The number of rotatable bonds is 4. The number of aromatic nitrogens is 4. The van der Waals surface area contributed by atoms with Crippen molar-refractivity contribution < 1.29 is 4.79 Å². The number of halogens is 1. The second-order valence-electron chi connectivity index (χ2n) is 3.95. The first-order chi connectivity index (χ1) is 8.54. The summed E-state index contributed by atoms with van der Waals surface area (Å²) in [4.78, 5) is 12.7. The van der Waals surface area contributed by atoms with Gasteiger partial charge in [-0.3, -0.25) is 9.48 Å². The average Bonchev–Trinajstić information content (AvgIpc) is 2.87. The molecular weight excluding hydrogens is 272 g/mol. The molecule has 0 amide bonds. The molecule has 5 nitrogen and oxygen atoms in total. The van der Waals surface area contributed by atoms with Crippen molar-refractivity contribution in [3.63, 3.8) is 0 Å². The topological polar surface area (TPSA) is 60.7 Å². The van der Waals surface area contributed by atoms with Crippen LogP contribution >= 0.6 is 23.1 Å². The van der Waals surface area contributed by atoms with E-state index in [4.69, 9.17) is 11.6 Å². The molecule has 2 heterocycles. The Morgan fingerprint density at radius 2 is 2.11 bits per heavy atom. The Balaban J connectivity index is 2.30. The summed E-state index contributed by atoms with van der Waals surface area (Å²) < 4.78 is 5.53. The van der Waals surface area contributed by atoms with Crippen LogP contribution in [0, 0.1) is 13.8 Å². The summed E-state index contributed by atoms with van der Waals surface area (Å²) in [7, 11) is 0. The highest BCUT2D eigenvalue weighted by molar-refractivity contribution is 7.08. The zero-order valence-electron chi connectivity index (χ0n) is 10.4. The number of Topliss-reactive ketones (excluding diaryl/α,β-unsaturated/α-hetero) is 1. The Hall–Kier alpha value is -1.27. The third-order valence-electron chi connectivity index (χ3n) is 2.69. The van der Waals surface area contributed by atoms with Gasteiger partial charge in [0.2, 0.25) is 0 Å². The Morgan fingerprint density at radius 3 is 2.67 bits per heavy atom. The molecule has 0 saturated carbocycles. The van der Waals surface area contributed by atoms with Crippen LogP contribution in [0.4, 0.5) is 0 Å². The first kappa shape index (κ1) is 13.2. The number of carbonyl (C=O) groups is 1. The average molecular weight is 285 g/mol. The van der Waals surface area contributed by atoms with Crippen molar-refractivity contribution in [2.45, 2.75) is 33.7 Å². The predicted octanol–water partition coefficient (Wildman–Crippen LogP) is 2.45. The second-order valence-corrected chi connectivity index (χ2v) is 5.08. The molecule has 96 valence electrons. The van der Waals surface area contributed by atoms with E-state index in [1.165, 1.54) is 0 Å². The standard InChI is InChI=1S/C11H13ClN4OS/c1-4-16-8(10(12)6(2)14-16)5-9(17)11-7(3)13-15-18-11/h4-5H2,1-3H3. The monoisotopic (exact) mass is 284 g/mol. The van der Waals surface area contributed by atoms with E-state index in [1.807, 2.05) is 13.8 Å². The minimum atomic E-state index is -0.0148. The van der Waals surface area contributed by atoms with Crippen molar-refractivity contribution in [2.75, 3.05) is 0 Å². The van der Waals surface area contributed by atoms with Crippen LogP contribution in [0.15, 0.2) is 0 Å². The third-order valence-corrected chi connectivity index (χ3v) is 4.05. The van der Waals surface area contributed by atoms with Gasteiger partial charge in [0.15, 0.2) is 5.78 Å². The van der Waals surface area contributed by atoms with E-state index in [0.29, 0.717) is 22.1 Å². The van der Waals surface area contributed by atoms with Gasteiger partial charge in [0.25, 0.3) is 0 Å². The van der Waals surface area contributed by atoms with Crippen LogP contribution in [-0.2, 0) is 13.0 Å². The Bertz CT molecular complexity index is 590. The molecule has 0 radical (unpaired) electrons. The van der Waals surface area contributed by atoms with Gasteiger partial charge < -0.3 is 0 Å². The van der Waals surface area contributed by atoms with Gasteiger partial charge in [0.05, 0.1) is 28.5 Å². The number of carbonyl (C=O) groups excluding carboxylic acids is 1. The van der Waals surface area contributed by atoms with Gasteiger partial charge in [0.1, 0.15) is 4.88 Å². The second kappa shape index (κ2) is 5.16. The van der Waals surface area contributed by atoms with Crippen molar-refractivity contribution >= 4 is 28.9 Å². The van der Waals surface area contributed by atoms with Crippen LogP contribution in [0.3, 0.4) is 0 Å². The molecule has 7 heteroatoms. The van der Waals surface area contributed by atoms with Crippen molar-refractivity contribution in [1.29, 1.82) is 0 Å². The maximum atomic E-state index is 12.2. The molecule has 0 aliphatic heterocycles. The van der Waals surface area contributed by atoms with Crippen LogP contribution in [-0.4, -0.2) is 25.2 Å². The summed E-state index contributed by atoms with van der Waals surface area (Å²) in [5.74, 6) is -0.0148. The van der Waals surface area contributed by atoms with Crippen LogP contribution in [0.5, 0.6) is 0 Å². The first-order valence-corrected chi connectivity index (χ1v) is 6.73. The fourth-order valence-electron chi connectivity index (χ4n) is 1.76. The van der Waals surface area contributed by atoms with E-state index in [9.17, 15) is 4.79 Å². The normalized spacial score (nSPS) is 10.9. The van der Waals surface area contributed by atoms with Crippen molar-refractivity contribution in [3.05, 3.63) is 27.0 Å². The molecule has 0 bridgehead atoms. The summed E-state index contributed by atoms with van der Waals surface area (Å²) in [5, 5.41) is 8.70. The Labute approximate surface area is 114 Å². The fraction of sp³-hybridized carbons (Fsp3) is 0.455. The van der Waals surface area contributed by atoms with Gasteiger partial charge in [-0.15, -0.1) is 5.10 Å². The minimum absolute atomic E-state index is 0.0148. The largest absolute Gasteiger partial charge is 0.293 e. The first-order valence-electron chi connectivity index (χ1n) is 5.58. The number of nitrogens with zero attached hydrogens (tertiary/aromatic N) is 4. The zero-order chi connectivity index (χ0) is 13.3. The molecule has 0 N–H and O–H groups in total. The molecule has 0 aromatic carbocycles. The molecule has 0 saturated heterocycles. The quantitative estimate of drug-likeness (QED) is 0.809. The molecule has 0 fully saturated rings. The highest BCUT2D eigenvalue weighted by Crippen LogP contribution is 2.23. The lowest BCUT2D eigenvalue weighted by molar-refractivity contribution is 0.0993. The van der Waals surface area contributed by atoms with E-state index in [-0.39, 0.29) is 12.2 Å². The third kappa shape index (κ3) is 2.30. The van der Waals surface area contributed by atoms with Crippen LogP contribution in [0.25, 0.3) is 0 Å². The maximum Gasteiger partial charge on any atom is 0.182 e. The smallest absolute Gasteiger partial charge is 0.182 e. The summed E-state index contributed by atoms with van der Waals surface area (Å²) in [6.07, 6.45) is 0.234. The van der Waals surface area contributed by atoms with Crippen molar-refractivity contribution in [3.8, 4) is 0 Å². The summed E-state index contributed by atoms with van der Waals surface area (Å²) >= 11 is 7.29. The number of hydrogen-bond donors (Lipinski definition) is 0. The van der Waals surface area contributed by atoms with Gasteiger partial charge in [-0.2, -0.15) is 5.10 Å². The molecule has 18 heavy (non-hydrogen) atoms. The van der Waals surface area contributed by atoms with Gasteiger partial charge in [-0.05, 0) is 32.3 Å². The van der Waals surface area contributed by atoms with Crippen molar-refractivity contribution in [2.24, 2.45) is 0 Å². The SMILES string of the molecule is CCn1nc(C)c(Cl)c1CC(=O)c1snnc1C. The van der Waals surface area contributed by atoms with Crippen molar-refractivity contribution in [1.82, 2.24) is 19.4 Å². The molecule has 0 aliphatic carbocycles. The lowest BCUT2D eigenvalue weighted by Gasteiger charge is -2.03.